The van der Waals surface area contributed by atoms with Crippen LogP contribution in [0, 0.1) is 22.7 Å². The highest BCUT2D eigenvalue weighted by Gasteiger charge is 2.59. The molecule has 4 nitrogen and oxygen atoms in total. The molecule has 0 heterocycles. The van der Waals surface area contributed by atoms with Crippen LogP contribution in [0.1, 0.15) is 52.4 Å². The first-order chi connectivity index (χ1) is 11.5. The number of allylic oxidation sites excluding steroid dienone is 2. The maximum Gasteiger partial charge on any atom is 0.126 e. The Morgan fingerprint density at radius 1 is 1.38 bits per heavy atom. The van der Waals surface area contributed by atoms with Crippen molar-refractivity contribution in [3.05, 3.63) is 23.3 Å². The summed E-state index contributed by atoms with van der Waals surface area (Å²) in [6.45, 7) is 4.18. The molecular formula is C20H32O4. The third-order valence-electron chi connectivity index (χ3n) is 6.64. The van der Waals surface area contributed by atoms with Gasteiger partial charge in [-0.15, -0.1) is 0 Å². The van der Waals surface area contributed by atoms with Gasteiger partial charge < -0.3 is 20.1 Å². The highest BCUT2D eigenvalue weighted by atomic mass is 16.3. The van der Waals surface area contributed by atoms with Crippen LogP contribution < -0.4 is 0 Å². The number of carbonyl (C=O) groups is 1. The molecule has 2 rings (SSSR count). The van der Waals surface area contributed by atoms with Crippen LogP contribution in [0.5, 0.6) is 0 Å². The largest absolute Gasteiger partial charge is 0.396 e. The SMILES string of the molecule is CC1=CCC[C@H]2[C@@](C=O)(C1)C[C@H](C)[C@]2(CO)CC/C(=C\CO)CO. The van der Waals surface area contributed by atoms with Crippen LogP contribution in [-0.2, 0) is 4.79 Å². The van der Waals surface area contributed by atoms with Gasteiger partial charge in [0.2, 0.25) is 0 Å². The van der Waals surface area contributed by atoms with Crippen molar-refractivity contribution in [3.63, 3.8) is 0 Å². The molecule has 0 aromatic heterocycles. The van der Waals surface area contributed by atoms with Crippen molar-refractivity contribution >= 4 is 6.29 Å². The average Bonchev–Trinajstić information content (AvgIpc) is 2.69. The highest BCUT2D eigenvalue weighted by molar-refractivity contribution is 5.62. The molecule has 0 unspecified atom stereocenters. The van der Waals surface area contributed by atoms with Gasteiger partial charge in [0.25, 0.3) is 0 Å². The molecular weight excluding hydrogens is 304 g/mol. The second kappa shape index (κ2) is 7.94. The molecule has 4 heteroatoms. The topological polar surface area (TPSA) is 77.8 Å². The van der Waals surface area contributed by atoms with Crippen LogP contribution in [-0.4, -0.2) is 41.4 Å². The van der Waals surface area contributed by atoms with Gasteiger partial charge in [-0.05, 0) is 62.9 Å². The molecule has 0 bridgehead atoms. The van der Waals surface area contributed by atoms with E-state index in [1.54, 1.807) is 6.08 Å². The fourth-order valence-corrected chi connectivity index (χ4v) is 5.40. The molecule has 0 aliphatic heterocycles. The summed E-state index contributed by atoms with van der Waals surface area (Å²) in [7, 11) is 0. The summed E-state index contributed by atoms with van der Waals surface area (Å²) in [6, 6.07) is 0. The van der Waals surface area contributed by atoms with E-state index in [1.807, 2.05) is 0 Å². The molecule has 1 saturated carbocycles. The number of fused-ring (bicyclic) bond motifs is 1. The lowest BCUT2D eigenvalue weighted by Gasteiger charge is -2.41. The van der Waals surface area contributed by atoms with Crippen molar-refractivity contribution in [1.29, 1.82) is 0 Å². The van der Waals surface area contributed by atoms with Crippen molar-refractivity contribution in [2.24, 2.45) is 22.7 Å². The maximum atomic E-state index is 12.1. The first-order valence-electron chi connectivity index (χ1n) is 9.10. The van der Waals surface area contributed by atoms with Gasteiger partial charge in [0.05, 0.1) is 13.2 Å². The fourth-order valence-electron chi connectivity index (χ4n) is 5.40. The van der Waals surface area contributed by atoms with Crippen molar-refractivity contribution in [2.75, 3.05) is 19.8 Å². The van der Waals surface area contributed by atoms with Crippen molar-refractivity contribution in [1.82, 2.24) is 0 Å². The molecule has 3 N–H and O–H groups in total. The Labute approximate surface area is 145 Å². The Morgan fingerprint density at radius 3 is 2.71 bits per heavy atom. The normalized spacial score (nSPS) is 36.9. The Hall–Kier alpha value is -0.970. The summed E-state index contributed by atoms with van der Waals surface area (Å²) in [5, 5.41) is 28.9. The lowest BCUT2D eigenvalue weighted by atomic mass is 9.63. The molecule has 0 radical (unpaired) electrons. The van der Waals surface area contributed by atoms with Gasteiger partial charge in [0.1, 0.15) is 6.29 Å². The molecule has 1 fully saturated rings. The third kappa shape index (κ3) is 3.37. The van der Waals surface area contributed by atoms with E-state index in [1.165, 1.54) is 5.57 Å². The van der Waals surface area contributed by atoms with E-state index < -0.39 is 0 Å². The van der Waals surface area contributed by atoms with Gasteiger partial charge in [-0.25, -0.2) is 0 Å². The van der Waals surface area contributed by atoms with Gasteiger partial charge in [0, 0.05) is 17.4 Å². The van der Waals surface area contributed by atoms with Crippen LogP contribution >= 0.6 is 0 Å². The summed E-state index contributed by atoms with van der Waals surface area (Å²) in [5.74, 6) is 0.433. The van der Waals surface area contributed by atoms with E-state index in [2.05, 4.69) is 19.9 Å². The highest BCUT2D eigenvalue weighted by Crippen LogP contribution is 2.63. The average molecular weight is 336 g/mol. The van der Waals surface area contributed by atoms with E-state index in [0.717, 1.165) is 44.0 Å². The number of hydrogen-bond donors (Lipinski definition) is 3. The molecule has 2 aliphatic carbocycles. The fraction of sp³-hybridized carbons (Fsp3) is 0.750. The summed E-state index contributed by atoms with van der Waals surface area (Å²) < 4.78 is 0. The van der Waals surface area contributed by atoms with Crippen LogP contribution in [0.2, 0.25) is 0 Å². The number of aldehydes is 1. The quantitative estimate of drug-likeness (QED) is 0.493. The van der Waals surface area contributed by atoms with Crippen LogP contribution in [0.3, 0.4) is 0 Å². The zero-order chi connectivity index (χ0) is 17.8. The number of carbonyl (C=O) groups excluding carboxylic acids is 1. The minimum atomic E-state index is -0.362. The first kappa shape index (κ1) is 19.4. The second-order valence-electron chi connectivity index (χ2n) is 7.91. The van der Waals surface area contributed by atoms with Crippen LogP contribution in [0.15, 0.2) is 23.3 Å². The first-order valence-corrected chi connectivity index (χ1v) is 9.10. The molecule has 2 aliphatic rings. The standard InChI is InChI=1S/C20H32O4/c1-15-4-3-5-18-19(10-15,13-23)11-16(2)20(18,14-24)8-6-17(12-22)7-9-21/h4,7,13,16,18,21-22,24H,3,5-6,8-12,14H2,1-2H3/b17-7+/t16-,18-,19-,20+/m0/s1. The Kier molecular flexibility index (Phi) is 6.40. The Morgan fingerprint density at radius 2 is 2.12 bits per heavy atom. The van der Waals surface area contributed by atoms with Gasteiger partial charge in [-0.3, -0.25) is 0 Å². The smallest absolute Gasteiger partial charge is 0.126 e. The Bertz CT molecular complexity index is 510. The van der Waals surface area contributed by atoms with Crippen molar-refractivity contribution in [2.45, 2.75) is 52.4 Å². The number of aliphatic hydroxyl groups excluding tert-OH is 3. The Balaban J connectivity index is 2.31. The molecule has 0 aromatic rings. The molecule has 0 saturated heterocycles. The van der Waals surface area contributed by atoms with Gasteiger partial charge in [-0.2, -0.15) is 0 Å². The van der Waals surface area contributed by atoms with Gasteiger partial charge in [-0.1, -0.05) is 24.6 Å². The van der Waals surface area contributed by atoms with Crippen LogP contribution in [0.25, 0.3) is 0 Å². The van der Waals surface area contributed by atoms with Crippen molar-refractivity contribution < 1.29 is 20.1 Å². The van der Waals surface area contributed by atoms with Gasteiger partial charge >= 0.3 is 0 Å². The summed E-state index contributed by atoms with van der Waals surface area (Å²) in [4.78, 5) is 12.1. The van der Waals surface area contributed by atoms with E-state index in [9.17, 15) is 15.0 Å². The minimum absolute atomic E-state index is 0.0688. The molecule has 0 amide bonds. The van der Waals surface area contributed by atoms with Crippen molar-refractivity contribution in [3.8, 4) is 0 Å². The van der Waals surface area contributed by atoms with E-state index in [0.29, 0.717) is 6.42 Å². The molecule has 136 valence electrons. The summed E-state index contributed by atoms with van der Waals surface area (Å²) in [6.07, 6.45) is 9.95. The number of hydrogen-bond acceptors (Lipinski definition) is 4. The predicted octanol–water partition coefficient (Wildman–Crippen LogP) is 2.63. The predicted molar refractivity (Wildman–Crippen MR) is 94.4 cm³/mol. The molecule has 0 spiro atoms. The molecule has 0 aromatic carbocycles. The zero-order valence-corrected chi connectivity index (χ0v) is 15.0. The molecule has 24 heavy (non-hydrogen) atoms. The number of aliphatic hydroxyl groups is 3. The second-order valence-corrected chi connectivity index (χ2v) is 7.91. The molecule has 4 atom stereocenters. The van der Waals surface area contributed by atoms with E-state index in [-0.39, 0.29) is 42.5 Å². The monoisotopic (exact) mass is 336 g/mol. The zero-order valence-electron chi connectivity index (χ0n) is 15.0. The van der Waals surface area contributed by atoms with Crippen LogP contribution in [0.4, 0.5) is 0 Å². The van der Waals surface area contributed by atoms with E-state index in [4.69, 9.17) is 5.11 Å². The minimum Gasteiger partial charge on any atom is -0.396 e. The lowest BCUT2D eigenvalue weighted by Crippen LogP contribution is -2.40. The van der Waals surface area contributed by atoms with E-state index >= 15 is 0 Å². The maximum absolute atomic E-state index is 12.1. The summed E-state index contributed by atoms with van der Waals surface area (Å²) >= 11 is 0. The number of rotatable bonds is 7. The lowest BCUT2D eigenvalue weighted by molar-refractivity contribution is -0.120. The van der Waals surface area contributed by atoms with Gasteiger partial charge in [0.15, 0.2) is 0 Å². The summed E-state index contributed by atoms with van der Waals surface area (Å²) in [5.41, 5.74) is 1.44. The third-order valence-corrected chi connectivity index (χ3v) is 6.64.